The van der Waals surface area contributed by atoms with Crippen molar-refractivity contribution in [3.8, 4) is 0 Å². The summed E-state index contributed by atoms with van der Waals surface area (Å²) in [5, 5.41) is 4.07. The van der Waals surface area contributed by atoms with Gasteiger partial charge < -0.3 is 10.2 Å². The number of rotatable bonds is 1. The van der Waals surface area contributed by atoms with E-state index in [1.807, 2.05) is 24.0 Å². The molecule has 0 saturated carbocycles. The van der Waals surface area contributed by atoms with Crippen LogP contribution in [0.25, 0.3) is 0 Å². The number of fused-ring (bicyclic) bond motifs is 1. The van der Waals surface area contributed by atoms with Gasteiger partial charge in [0.2, 0.25) is 0 Å². The smallest absolute Gasteiger partial charge is 0.254 e. The molecule has 0 aliphatic carbocycles. The Hall–Kier alpha value is -1.06. The first-order valence-corrected chi connectivity index (χ1v) is 6.79. The van der Waals surface area contributed by atoms with E-state index in [1.54, 1.807) is 6.07 Å². The second-order valence-corrected chi connectivity index (χ2v) is 5.78. The van der Waals surface area contributed by atoms with Crippen molar-refractivity contribution in [1.82, 2.24) is 10.2 Å². The Kier molecular flexibility index (Phi) is 3.04. The highest BCUT2D eigenvalue weighted by Crippen LogP contribution is 2.28. The van der Waals surface area contributed by atoms with Crippen LogP contribution in [0.1, 0.15) is 15.9 Å². The van der Waals surface area contributed by atoms with Gasteiger partial charge in [0.25, 0.3) is 5.91 Å². The van der Waals surface area contributed by atoms with E-state index >= 15 is 0 Å². The third kappa shape index (κ3) is 2.02. The molecule has 18 heavy (non-hydrogen) atoms. The fourth-order valence-electron chi connectivity index (χ4n) is 3.06. The average Bonchev–Trinajstić information content (AvgIpc) is 2.87. The van der Waals surface area contributed by atoms with Crippen LogP contribution in [0.3, 0.4) is 0 Å². The molecule has 0 aromatic heterocycles. The summed E-state index contributed by atoms with van der Waals surface area (Å²) in [6, 6.07) is 5.49. The molecular weight excluding hydrogens is 248 g/mol. The van der Waals surface area contributed by atoms with Crippen LogP contribution in [0.4, 0.5) is 0 Å². The van der Waals surface area contributed by atoms with Gasteiger partial charge in [0, 0.05) is 36.8 Å². The van der Waals surface area contributed by atoms with Gasteiger partial charge in [0.1, 0.15) is 0 Å². The van der Waals surface area contributed by atoms with Crippen molar-refractivity contribution < 1.29 is 4.79 Å². The van der Waals surface area contributed by atoms with E-state index < -0.39 is 0 Å². The van der Waals surface area contributed by atoms with Gasteiger partial charge in [0.05, 0.1) is 0 Å². The summed E-state index contributed by atoms with van der Waals surface area (Å²) in [6.07, 6.45) is 0. The van der Waals surface area contributed by atoms with Crippen molar-refractivity contribution in [1.29, 1.82) is 0 Å². The molecule has 0 bridgehead atoms. The van der Waals surface area contributed by atoms with Crippen LogP contribution in [-0.2, 0) is 0 Å². The van der Waals surface area contributed by atoms with Gasteiger partial charge in [-0.05, 0) is 42.5 Å². The second-order valence-electron chi connectivity index (χ2n) is 5.35. The molecule has 2 aliphatic rings. The first kappa shape index (κ1) is 12.0. The van der Waals surface area contributed by atoms with Crippen molar-refractivity contribution in [2.45, 2.75) is 6.92 Å². The predicted octanol–water partition coefficient (Wildman–Crippen LogP) is 1.94. The number of nitrogens with one attached hydrogen (secondary N) is 1. The molecule has 2 aliphatic heterocycles. The van der Waals surface area contributed by atoms with Gasteiger partial charge in [-0.2, -0.15) is 0 Å². The third-order valence-corrected chi connectivity index (χ3v) is 4.33. The van der Waals surface area contributed by atoms with Crippen molar-refractivity contribution in [2.75, 3.05) is 26.2 Å². The van der Waals surface area contributed by atoms with Crippen LogP contribution in [-0.4, -0.2) is 37.0 Å². The van der Waals surface area contributed by atoms with Crippen molar-refractivity contribution in [3.63, 3.8) is 0 Å². The SMILES string of the molecule is Cc1cc(Cl)ccc1C(=O)N1C[C@H]2CNC[C@H]2C1. The molecule has 2 atom stereocenters. The Balaban J connectivity index is 1.79. The monoisotopic (exact) mass is 264 g/mol. The summed E-state index contributed by atoms with van der Waals surface area (Å²) in [7, 11) is 0. The largest absolute Gasteiger partial charge is 0.338 e. The highest BCUT2D eigenvalue weighted by molar-refractivity contribution is 6.30. The van der Waals surface area contributed by atoms with Crippen molar-refractivity contribution in [3.05, 3.63) is 34.3 Å². The molecule has 2 fully saturated rings. The van der Waals surface area contributed by atoms with Crippen LogP contribution in [0.5, 0.6) is 0 Å². The third-order valence-electron chi connectivity index (χ3n) is 4.10. The zero-order chi connectivity index (χ0) is 12.7. The maximum Gasteiger partial charge on any atom is 0.254 e. The number of carbonyl (C=O) groups excluding carboxylic acids is 1. The lowest BCUT2D eigenvalue weighted by molar-refractivity contribution is 0.0781. The highest BCUT2D eigenvalue weighted by atomic mass is 35.5. The average molecular weight is 265 g/mol. The molecule has 0 radical (unpaired) electrons. The normalized spacial score (nSPS) is 26.4. The van der Waals surface area contributed by atoms with E-state index in [4.69, 9.17) is 11.6 Å². The molecular formula is C14H17ClN2O. The molecule has 0 spiro atoms. The van der Waals surface area contributed by atoms with Gasteiger partial charge in [-0.15, -0.1) is 0 Å². The molecule has 4 heteroatoms. The van der Waals surface area contributed by atoms with Crippen LogP contribution < -0.4 is 5.32 Å². The quantitative estimate of drug-likeness (QED) is 0.841. The summed E-state index contributed by atoms with van der Waals surface area (Å²) < 4.78 is 0. The fraction of sp³-hybridized carbons (Fsp3) is 0.500. The van der Waals surface area contributed by atoms with Gasteiger partial charge in [-0.3, -0.25) is 4.79 Å². The molecule has 96 valence electrons. The Morgan fingerprint density at radius 1 is 1.33 bits per heavy atom. The number of benzene rings is 1. The lowest BCUT2D eigenvalue weighted by Gasteiger charge is -2.18. The number of carbonyl (C=O) groups is 1. The minimum absolute atomic E-state index is 0.151. The number of likely N-dealkylation sites (tertiary alicyclic amines) is 1. The Bertz CT molecular complexity index is 477. The minimum atomic E-state index is 0.151. The highest BCUT2D eigenvalue weighted by Gasteiger charge is 2.38. The Morgan fingerprint density at radius 3 is 2.61 bits per heavy atom. The molecule has 2 heterocycles. The lowest BCUT2D eigenvalue weighted by Crippen LogP contribution is -2.32. The van der Waals surface area contributed by atoms with E-state index in [9.17, 15) is 4.79 Å². The van der Waals surface area contributed by atoms with E-state index in [0.29, 0.717) is 16.9 Å². The van der Waals surface area contributed by atoms with Gasteiger partial charge in [0.15, 0.2) is 0 Å². The van der Waals surface area contributed by atoms with E-state index in [-0.39, 0.29) is 5.91 Å². The summed E-state index contributed by atoms with van der Waals surface area (Å²) in [5.74, 6) is 1.43. The number of amides is 1. The first-order valence-electron chi connectivity index (χ1n) is 6.41. The van der Waals surface area contributed by atoms with Crippen LogP contribution in [0.2, 0.25) is 5.02 Å². The summed E-state index contributed by atoms with van der Waals surface area (Å²) in [4.78, 5) is 14.5. The van der Waals surface area contributed by atoms with E-state index in [1.165, 1.54) is 0 Å². The topological polar surface area (TPSA) is 32.3 Å². The number of hydrogen-bond donors (Lipinski definition) is 1. The van der Waals surface area contributed by atoms with Crippen molar-refractivity contribution >= 4 is 17.5 Å². The Labute approximate surface area is 112 Å². The standard InChI is InChI=1S/C14H17ClN2O/c1-9-4-12(15)2-3-13(9)14(18)17-7-10-5-16-6-11(10)8-17/h2-4,10-11,16H,5-8H2,1H3/t10-,11+. The van der Waals surface area contributed by atoms with Gasteiger partial charge >= 0.3 is 0 Å². The molecule has 1 N–H and O–H groups in total. The van der Waals surface area contributed by atoms with E-state index in [2.05, 4.69) is 5.32 Å². The number of hydrogen-bond acceptors (Lipinski definition) is 2. The molecule has 1 aromatic carbocycles. The summed E-state index contributed by atoms with van der Waals surface area (Å²) in [6.45, 7) is 5.82. The summed E-state index contributed by atoms with van der Waals surface area (Å²) >= 11 is 5.93. The predicted molar refractivity (Wildman–Crippen MR) is 71.9 cm³/mol. The van der Waals surface area contributed by atoms with Gasteiger partial charge in [-0.25, -0.2) is 0 Å². The van der Waals surface area contributed by atoms with Crippen LogP contribution >= 0.6 is 11.6 Å². The molecule has 0 unspecified atom stereocenters. The maximum absolute atomic E-state index is 12.5. The molecule has 2 saturated heterocycles. The molecule has 3 nitrogen and oxygen atoms in total. The van der Waals surface area contributed by atoms with E-state index in [0.717, 1.165) is 37.3 Å². The zero-order valence-corrected chi connectivity index (χ0v) is 11.2. The lowest BCUT2D eigenvalue weighted by atomic mass is 10.0. The van der Waals surface area contributed by atoms with Gasteiger partial charge in [-0.1, -0.05) is 11.6 Å². The van der Waals surface area contributed by atoms with Crippen LogP contribution in [0.15, 0.2) is 18.2 Å². The molecule has 1 aromatic rings. The molecule has 3 rings (SSSR count). The fourth-order valence-corrected chi connectivity index (χ4v) is 3.29. The first-order chi connectivity index (χ1) is 8.65. The zero-order valence-electron chi connectivity index (χ0n) is 10.4. The minimum Gasteiger partial charge on any atom is -0.338 e. The van der Waals surface area contributed by atoms with Crippen LogP contribution in [0, 0.1) is 18.8 Å². The summed E-state index contributed by atoms with van der Waals surface area (Å²) in [5.41, 5.74) is 1.75. The molecule has 1 amide bonds. The number of aryl methyl sites for hydroxylation is 1. The maximum atomic E-state index is 12.5. The van der Waals surface area contributed by atoms with Crippen molar-refractivity contribution in [2.24, 2.45) is 11.8 Å². The second kappa shape index (κ2) is 4.56. The number of halogens is 1. The Morgan fingerprint density at radius 2 is 2.00 bits per heavy atom. The number of nitrogens with zero attached hydrogens (tertiary/aromatic N) is 1.